The van der Waals surface area contributed by atoms with Gasteiger partial charge in [-0.25, -0.2) is 29.6 Å². The number of unbranched alkanes of at least 4 members (excludes halogenated alkanes) is 1. The summed E-state index contributed by atoms with van der Waals surface area (Å²) in [6.07, 6.45) is 8.99. The zero-order chi connectivity index (χ0) is 46.4. The number of nitrogens with one attached hydrogen (secondary N) is 2. The summed E-state index contributed by atoms with van der Waals surface area (Å²) in [5.41, 5.74) is 8.96. The first-order chi connectivity index (χ1) is 31.3. The molecule has 0 spiro atoms. The van der Waals surface area contributed by atoms with Crippen LogP contribution in [0.3, 0.4) is 0 Å². The minimum absolute atomic E-state index is 0.0191. The van der Waals surface area contributed by atoms with Crippen LogP contribution in [0.15, 0.2) is 128 Å². The highest BCUT2D eigenvalue weighted by atomic mass is 32.1. The molecule has 1 aromatic heterocycles. The fraction of sp³-hybridized carbons (Fsp3) is 0.260. The fourth-order valence-electron chi connectivity index (χ4n) is 5.74. The van der Waals surface area contributed by atoms with Crippen molar-refractivity contribution in [3.8, 4) is 23.0 Å². The van der Waals surface area contributed by atoms with Crippen LogP contribution in [0.5, 0.6) is 23.0 Å². The van der Waals surface area contributed by atoms with E-state index in [1.807, 2.05) is 69.3 Å². The predicted molar refractivity (Wildman–Crippen MR) is 251 cm³/mol. The maximum atomic E-state index is 13.1. The third kappa shape index (κ3) is 17.9. The van der Waals surface area contributed by atoms with Crippen molar-refractivity contribution in [1.82, 2.24) is 10.4 Å². The van der Waals surface area contributed by atoms with Gasteiger partial charge in [-0.3, -0.25) is 5.43 Å². The van der Waals surface area contributed by atoms with E-state index in [2.05, 4.69) is 29.0 Å². The summed E-state index contributed by atoms with van der Waals surface area (Å²) in [5.74, 6) is -0.495. The van der Waals surface area contributed by atoms with Crippen LogP contribution in [-0.4, -0.2) is 73.5 Å². The normalized spacial score (nSPS) is 11.8. The fourth-order valence-corrected chi connectivity index (χ4v) is 6.58. The van der Waals surface area contributed by atoms with Crippen molar-refractivity contribution in [2.45, 2.75) is 51.7 Å². The van der Waals surface area contributed by atoms with Gasteiger partial charge in [0.1, 0.15) is 35.2 Å². The molecule has 1 heterocycles. The Morgan fingerprint density at radius 3 is 2.06 bits per heavy atom. The highest BCUT2D eigenvalue weighted by Crippen LogP contribution is 2.27. The highest BCUT2D eigenvalue weighted by molar-refractivity contribution is 7.22. The second-order valence-corrected chi connectivity index (χ2v) is 16.2. The van der Waals surface area contributed by atoms with Crippen LogP contribution < -0.4 is 29.8 Å². The molecular formula is C50H53N3O11S. The van der Waals surface area contributed by atoms with E-state index in [1.165, 1.54) is 23.5 Å². The topological polar surface area (TPSA) is 170 Å². The van der Waals surface area contributed by atoms with Gasteiger partial charge in [-0.15, -0.1) is 0 Å². The summed E-state index contributed by atoms with van der Waals surface area (Å²) in [6.45, 7) is 13.9. The molecule has 0 aliphatic carbocycles. The molecule has 15 heteroatoms. The zero-order valence-electron chi connectivity index (χ0n) is 36.6. The first-order valence-corrected chi connectivity index (χ1v) is 21.7. The van der Waals surface area contributed by atoms with Gasteiger partial charge in [-0.2, -0.15) is 0 Å². The highest BCUT2D eigenvalue weighted by Gasteiger charge is 2.16. The number of para-hydroxylation sites is 1. The smallest absolute Gasteiger partial charge is 0.336 e. The molecule has 1 atom stereocenters. The Balaban J connectivity index is 1.16. The lowest BCUT2D eigenvalue weighted by molar-refractivity contribution is -0.148. The summed E-state index contributed by atoms with van der Waals surface area (Å²) in [7, 11) is 0. The van der Waals surface area contributed by atoms with Crippen LogP contribution in [0.2, 0.25) is 0 Å². The molecule has 0 aliphatic rings. The van der Waals surface area contributed by atoms with Gasteiger partial charge in [0.2, 0.25) is 0 Å². The SMILES string of the molecule is C=CC(=O)OCCCCOCC(COc1ccc(/C=C/C(=O)Oc2ccc(OC(=O)/C=C/c3ccc(OC(C)(C)C)cc3)cc2CCNNc2nc3ccccc3s2)cc1)OC(=O)C=C. The van der Waals surface area contributed by atoms with Crippen molar-refractivity contribution in [1.29, 1.82) is 0 Å². The molecule has 65 heavy (non-hydrogen) atoms. The van der Waals surface area contributed by atoms with Gasteiger partial charge in [0.25, 0.3) is 0 Å². The van der Waals surface area contributed by atoms with Crippen LogP contribution in [0.25, 0.3) is 22.4 Å². The molecule has 340 valence electrons. The summed E-state index contributed by atoms with van der Waals surface area (Å²) in [6, 6.07) is 27.0. The third-order valence-corrected chi connectivity index (χ3v) is 9.71. The predicted octanol–water partition coefficient (Wildman–Crippen LogP) is 8.87. The molecule has 5 aromatic rings. The molecule has 1 unspecified atom stereocenters. The van der Waals surface area contributed by atoms with E-state index in [-0.39, 0.29) is 31.2 Å². The summed E-state index contributed by atoms with van der Waals surface area (Å²) < 4.78 is 40.2. The number of carbonyl (C=O) groups is 4. The zero-order valence-corrected chi connectivity index (χ0v) is 37.4. The molecule has 0 bridgehead atoms. The molecule has 0 saturated heterocycles. The number of nitrogens with zero attached hydrogens (tertiary/aromatic N) is 1. The number of carbonyl (C=O) groups excluding carboxylic acids is 4. The molecule has 0 aliphatic heterocycles. The number of esters is 4. The number of hydrazine groups is 1. The van der Waals surface area contributed by atoms with Gasteiger partial charge in [-0.05, 0) is 123 Å². The van der Waals surface area contributed by atoms with E-state index in [9.17, 15) is 19.2 Å². The van der Waals surface area contributed by atoms with Crippen molar-refractivity contribution < 1.29 is 52.3 Å². The molecular weight excluding hydrogens is 851 g/mol. The van der Waals surface area contributed by atoms with Gasteiger partial charge in [0.15, 0.2) is 11.2 Å². The van der Waals surface area contributed by atoms with E-state index in [0.717, 1.165) is 33.7 Å². The lowest BCUT2D eigenvalue weighted by Crippen LogP contribution is -2.29. The first kappa shape index (κ1) is 49.0. The molecule has 5 rings (SSSR count). The Morgan fingerprint density at radius 1 is 0.738 bits per heavy atom. The quantitative estimate of drug-likeness (QED) is 0.0187. The van der Waals surface area contributed by atoms with E-state index < -0.39 is 30.0 Å². The molecule has 0 radical (unpaired) electrons. The van der Waals surface area contributed by atoms with Crippen LogP contribution >= 0.6 is 11.3 Å². The minimum atomic E-state index is -0.704. The summed E-state index contributed by atoms with van der Waals surface area (Å²) in [4.78, 5) is 53.6. The summed E-state index contributed by atoms with van der Waals surface area (Å²) in [5, 5.41) is 0.701. The van der Waals surface area contributed by atoms with Crippen LogP contribution in [0.1, 0.15) is 50.3 Å². The van der Waals surface area contributed by atoms with Crippen LogP contribution in [0, 0.1) is 0 Å². The number of rotatable bonds is 25. The van der Waals surface area contributed by atoms with Crippen molar-refractivity contribution in [3.05, 3.63) is 145 Å². The van der Waals surface area contributed by atoms with Crippen molar-refractivity contribution >= 4 is 62.7 Å². The maximum absolute atomic E-state index is 13.1. The first-order valence-electron chi connectivity index (χ1n) is 20.8. The standard InChI is InChI=1S/C50H53N3O11S/c1-6-45(54)59-31-11-10-30-58-33-41(62-46(55)7-2)34-60-38-20-14-35(15-21-38)19-27-48(57)63-43-25-24-40(61-47(56)26-18-36-16-22-39(23-17-36)64-50(3,4)5)32-37(43)28-29-51-53-49-52-42-12-8-9-13-44(42)65-49/h6-9,12-27,32,41,51H,1-2,10-11,28-31,33-34H2,3-5H3,(H,52,53)/b26-18+,27-19+. The number of fused-ring (bicyclic) bond motifs is 1. The number of hydrogen-bond acceptors (Lipinski definition) is 15. The minimum Gasteiger partial charge on any atom is -0.490 e. The Bertz CT molecular complexity index is 2400. The number of thiazole rings is 1. The van der Waals surface area contributed by atoms with Crippen molar-refractivity contribution in [2.75, 3.05) is 38.4 Å². The largest absolute Gasteiger partial charge is 0.490 e. The molecule has 4 aromatic carbocycles. The lowest BCUT2D eigenvalue weighted by Gasteiger charge is -2.21. The second-order valence-electron chi connectivity index (χ2n) is 15.1. The molecule has 0 fully saturated rings. The molecule has 2 N–H and O–H groups in total. The maximum Gasteiger partial charge on any atom is 0.336 e. The summed E-state index contributed by atoms with van der Waals surface area (Å²) >= 11 is 1.51. The number of aromatic nitrogens is 1. The van der Waals surface area contributed by atoms with Gasteiger partial charge in [0, 0.05) is 37.5 Å². The van der Waals surface area contributed by atoms with Gasteiger partial charge in [0.05, 0.1) is 23.4 Å². The Labute approximate surface area is 382 Å². The van der Waals surface area contributed by atoms with E-state index in [0.29, 0.717) is 60.2 Å². The van der Waals surface area contributed by atoms with Gasteiger partial charge < -0.3 is 33.2 Å². The third-order valence-electron chi connectivity index (χ3n) is 8.76. The van der Waals surface area contributed by atoms with Crippen molar-refractivity contribution in [3.63, 3.8) is 0 Å². The molecule has 0 amide bonds. The van der Waals surface area contributed by atoms with E-state index in [4.69, 9.17) is 33.2 Å². The number of anilines is 1. The average Bonchev–Trinajstić information content (AvgIpc) is 3.71. The monoisotopic (exact) mass is 903 g/mol. The number of benzene rings is 4. The average molecular weight is 904 g/mol. The van der Waals surface area contributed by atoms with Crippen LogP contribution in [0.4, 0.5) is 5.13 Å². The second kappa shape index (κ2) is 25.3. The number of ether oxygens (including phenoxy) is 7. The van der Waals surface area contributed by atoms with Crippen molar-refractivity contribution in [2.24, 2.45) is 0 Å². The number of hydrogen-bond donors (Lipinski definition) is 2. The molecule has 14 nitrogen and oxygen atoms in total. The Hall–Kier alpha value is -7.07. The lowest BCUT2D eigenvalue weighted by atomic mass is 10.1. The van der Waals surface area contributed by atoms with Crippen LogP contribution in [-0.2, 0) is 39.8 Å². The molecule has 0 saturated carbocycles. The van der Waals surface area contributed by atoms with Gasteiger partial charge in [-0.1, -0.05) is 60.9 Å². The van der Waals surface area contributed by atoms with Gasteiger partial charge >= 0.3 is 23.9 Å². The van der Waals surface area contributed by atoms with E-state index in [1.54, 1.807) is 54.6 Å². The Kier molecular flexibility index (Phi) is 19.0. The Morgan fingerprint density at radius 2 is 1.38 bits per heavy atom. The van der Waals surface area contributed by atoms with E-state index >= 15 is 0 Å².